The average molecular weight is 345 g/mol. The van der Waals surface area contributed by atoms with E-state index in [1.54, 1.807) is 0 Å². The Morgan fingerprint density at radius 1 is 1.20 bits per heavy atom. The van der Waals surface area contributed by atoms with E-state index in [0.29, 0.717) is 13.1 Å². The van der Waals surface area contributed by atoms with Crippen molar-refractivity contribution in [3.63, 3.8) is 0 Å². The maximum Gasteiger partial charge on any atom is 0.317 e. The van der Waals surface area contributed by atoms with Crippen LogP contribution in [0, 0.1) is 5.92 Å². The molecule has 2 heterocycles. The summed E-state index contributed by atoms with van der Waals surface area (Å²) in [4.78, 5) is 17.0. The molecule has 0 radical (unpaired) electrons. The topological polar surface area (TPSA) is 55.8 Å². The van der Waals surface area contributed by atoms with Gasteiger partial charge in [0.15, 0.2) is 0 Å². The summed E-state index contributed by atoms with van der Waals surface area (Å²) in [6.45, 7) is 6.11. The van der Waals surface area contributed by atoms with Gasteiger partial charge < -0.3 is 15.3 Å². The fourth-order valence-electron chi connectivity index (χ4n) is 4.07. The van der Waals surface area contributed by atoms with E-state index in [1.807, 2.05) is 17.9 Å². The molecule has 2 amide bonds. The summed E-state index contributed by atoms with van der Waals surface area (Å²) < 4.78 is 0. The van der Waals surface area contributed by atoms with Crippen molar-refractivity contribution in [2.45, 2.75) is 44.8 Å². The Labute approximate surface area is 151 Å². The number of benzene rings is 1. The third-order valence-corrected chi connectivity index (χ3v) is 5.64. The number of likely N-dealkylation sites (tertiary alicyclic amines) is 2. The van der Waals surface area contributed by atoms with Crippen molar-refractivity contribution in [1.82, 2.24) is 15.1 Å². The van der Waals surface area contributed by atoms with Gasteiger partial charge in [-0.25, -0.2) is 4.79 Å². The minimum Gasteiger partial charge on any atom is -0.393 e. The number of hydrogen-bond acceptors (Lipinski definition) is 3. The van der Waals surface area contributed by atoms with Crippen LogP contribution in [0.2, 0.25) is 0 Å². The van der Waals surface area contributed by atoms with Gasteiger partial charge in [-0.3, -0.25) is 4.90 Å². The molecule has 3 unspecified atom stereocenters. The van der Waals surface area contributed by atoms with Crippen molar-refractivity contribution >= 4 is 6.03 Å². The Balaban J connectivity index is 1.59. The van der Waals surface area contributed by atoms with Crippen molar-refractivity contribution in [3.8, 4) is 0 Å². The van der Waals surface area contributed by atoms with Gasteiger partial charge in [-0.15, -0.1) is 0 Å². The highest BCUT2D eigenvalue weighted by atomic mass is 16.3. The summed E-state index contributed by atoms with van der Waals surface area (Å²) in [5, 5.41) is 13.0. The van der Waals surface area contributed by atoms with Gasteiger partial charge in [-0.1, -0.05) is 30.3 Å². The molecule has 3 atom stereocenters. The van der Waals surface area contributed by atoms with Gasteiger partial charge in [0.2, 0.25) is 0 Å². The van der Waals surface area contributed by atoms with Crippen LogP contribution in [0.5, 0.6) is 0 Å². The van der Waals surface area contributed by atoms with Crippen LogP contribution in [0.3, 0.4) is 0 Å². The molecule has 0 aliphatic carbocycles. The molecule has 5 nitrogen and oxygen atoms in total. The van der Waals surface area contributed by atoms with Crippen molar-refractivity contribution in [2.75, 3.05) is 32.7 Å². The Hall–Kier alpha value is -1.59. The van der Waals surface area contributed by atoms with Crippen LogP contribution in [0.25, 0.3) is 0 Å². The number of aliphatic hydroxyl groups excluding tert-OH is 1. The number of amides is 2. The van der Waals surface area contributed by atoms with Crippen LogP contribution in [-0.4, -0.2) is 59.8 Å². The van der Waals surface area contributed by atoms with Crippen LogP contribution < -0.4 is 5.32 Å². The maximum atomic E-state index is 12.6. The largest absolute Gasteiger partial charge is 0.393 e. The van der Waals surface area contributed by atoms with Crippen molar-refractivity contribution in [3.05, 3.63) is 35.9 Å². The minimum atomic E-state index is -0.350. The van der Waals surface area contributed by atoms with E-state index in [1.165, 1.54) is 18.4 Å². The van der Waals surface area contributed by atoms with E-state index in [0.717, 1.165) is 32.5 Å². The van der Waals surface area contributed by atoms with Gasteiger partial charge in [-0.05, 0) is 51.3 Å². The molecule has 1 aromatic rings. The number of carbonyl (C=O) groups is 1. The SMILES string of the molecule is CC(O)C1CCCN(C(=O)NCC(c2ccccc2)N2CCCC2)C1. The first kappa shape index (κ1) is 18.2. The molecule has 3 rings (SSSR count). The Morgan fingerprint density at radius 2 is 1.92 bits per heavy atom. The van der Waals surface area contributed by atoms with E-state index >= 15 is 0 Å². The lowest BCUT2D eigenvalue weighted by Crippen LogP contribution is -2.49. The fraction of sp³-hybridized carbons (Fsp3) is 0.650. The molecular formula is C20H31N3O2. The molecule has 2 aliphatic heterocycles. The number of urea groups is 1. The molecule has 0 bridgehead atoms. The Kier molecular flexibility index (Phi) is 6.32. The second-order valence-corrected chi connectivity index (χ2v) is 7.44. The smallest absolute Gasteiger partial charge is 0.317 e. The first-order valence-corrected chi connectivity index (χ1v) is 9.65. The number of carbonyl (C=O) groups excluding carboxylic acids is 1. The monoisotopic (exact) mass is 345 g/mol. The zero-order valence-corrected chi connectivity index (χ0v) is 15.2. The maximum absolute atomic E-state index is 12.6. The predicted octanol–water partition coefficient (Wildman–Crippen LogP) is 2.63. The molecule has 2 fully saturated rings. The van der Waals surface area contributed by atoms with Crippen LogP contribution in [-0.2, 0) is 0 Å². The molecule has 138 valence electrons. The quantitative estimate of drug-likeness (QED) is 0.862. The van der Waals surface area contributed by atoms with Gasteiger partial charge in [0.05, 0.1) is 12.1 Å². The van der Waals surface area contributed by atoms with E-state index in [9.17, 15) is 9.90 Å². The number of aliphatic hydroxyl groups is 1. The lowest BCUT2D eigenvalue weighted by atomic mass is 9.94. The molecule has 2 N–H and O–H groups in total. The number of rotatable bonds is 5. The number of hydrogen-bond donors (Lipinski definition) is 2. The van der Waals surface area contributed by atoms with Crippen molar-refractivity contribution < 1.29 is 9.90 Å². The molecular weight excluding hydrogens is 314 g/mol. The van der Waals surface area contributed by atoms with Crippen LogP contribution in [0.15, 0.2) is 30.3 Å². The first-order chi connectivity index (χ1) is 12.1. The molecule has 0 spiro atoms. The summed E-state index contributed by atoms with van der Waals surface area (Å²) >= 11 is 0. The Morgan fingerprint density at radius 3 is 2.60 bits per heavy atom. The number of nitrogens with zero attached hydrogens (tertiary/aromatic N) is 2. The second-order valence-electron chi connectivity index (χ2n) is 7.44. The van der Waals surface area contributed by atoms with E-state index < -0.39 is 0 Å². The van der Waals surface area contributed by atoms with Crippen LogP contribution >= 0.6 is 0 Å². The van der Waals surface area contributed by atoms with E-state index in [4.69, 9.17) is 0 Å². The van der Waals surface area contributed by atoms with E-state index in [2.05, 4.69) is 34.5 Å². The standard InChI is InChI=1S/C20H31N3O2/c1-16(24)18-10-7-13-23(15-18)20(25)21-14-19(22-11-5-6-12-22)17-8-3-2-4-9-17/h2-4,8-9,16,18-19,24H,5-7,10-15H2,1H3,(H,21,25). The summed E-state index contributed by atoms with van der Waals surface area (Å²) in [5.74, 6) is 0.197. The van der Waals surface area contributed by atoms with Gasteiger partial charge in [0, 0.05) is 25.6 Å². The van der Waals surface area contributed by atoms with Crippen LogP contribution in [0.1, 0.15) is 44.2 Å². The van der Waals surface area contributed by atoms with Gasteiger partial charge in [-0.2, -0.15) is 0 Å². The predicted molar refractivity (Wildman–Crippen MR) is 99.4 cm³/mol. The minimum absolute atomic E-state index is 0.00507. The molecule has 2 saturated heterocycles. The third kappa shape index (κ3) is 4.73. The average Bonchev–Trinajstić information content (AvgIpc) is 3.17. The summed E-state index contributed by atoms with van der Waals surface area (Å²) in [7, 11) is 0. The first-order valence-electron chi connectivity index (χ1n) is 9.65. The third-order valence-electron chi connectivity index (χ3n) is 5.64. The number of piperidine rings is 1. The normalized spacial score (nSPS) is 24.1. The fourth-order valence-corrected chi connectivity index (χ4v) is 4.07. The number of nitrogens with one attached hydrogen (secondary N) is 1. The molecule has 0 saturated carbocycles. The lowest BCUT2D eigenvalue weighted by Gasteiger charge is -2.35. The molecule has 1 aromatic carbocycles. The van der Waals surface area contributed by atoms with Gasteiger partial charge in [0.1, 0.15) is 0 Å². The molecule has 0 aromatic heterocycles. The highest BCUT2D eigenvalue weighted by Gasteiger charge is 2.28. The Bertz CT molecular complexity index is 543. The zero-order chi connectivity index (χ0) is 17.6. The van der Waals surface area contributed by atoms with E-state index in [-0.39, 0.29) is 24.1 Å². The van der Waals surface area contributed by atoms with Crippen molar-refractivity contribution in [1.29, 1.82) is 0 Å². The molecule has 2 aliphatic rings. The second kappa shape index (κ2) is 8.68. The summed E-state index contributed by atoms with van der Waals surface area (Å²) in [6.07, 6.45) is 4.09. The van der Waals surface area contributed by atoms with Gasteiger partial charge >= 0.3 is 6.03 Å². The van der Waals surface area contributed by atoms with Crippen molar-refractivity contribution in [2.24, 2.45) is 5.92 Å². The zero-order valence-electron chi connectivity index (χ0n) is 15.2. The highest BCUT2D eigenvalue weighted by Crippen LogP contribution is 2.25. The summed E-state index contributed by atoms with van der Waals surface area (Å²) in [5.41, 5.74) is 1.27. The highest BCUT2D eigenvalue weighted by molar-refractivity contribution is 5.74. The molecule has 5 heteroatoms. The molecule has 25 heavy (non-hydrogen) atoms. The lowest BCUT2D eigenvalue weighted by molar-refractivity contribution is 0.0734. The van der Waals surface area contributed by atoms with Gasteiger partial charge in [0.25, 0.3) is 0 Å². The summed E-state index contributed by atoms with van der Waals surface area (Å²) in [6, 6.07) is 10.7. The van der Waals surface area contributed by atoms with Crippen LogP contribution in [0.4, 0.5) is 4.79 Å².